The van der Waals surface area contributed by atoms with E-state index in [4.69, 9.17) is 0 Å². The number of rotatable bonds is 4. The number of carbonyl (C=O) groups is 1. The topological polar surface area (TPSA) is 108 Å². The molecule has 0 aromatic heterocycles. The number of nitro benzene ring substituents is 1. The molecule has 1 amide bonds. The first-order chi connectivity index (χ1) is 10.5. The number of nitro groups is 1. The quantitative estimate of drug-likeness (QED) is 0.527. The van der Waals surface area contributed by atoms with E-state index in [9.17, 15) is 20.0 Å². The summed E-state index contributed by atoms with van der Waals surface area (Å²) in [6, 6.07) is 10.2. The summed E-state index contributed by atoms with van der Waals surface area (Å²) in [5.74, 6) is -0.850. The molecule has 0 saturated heterocycles. The summed E-state index contributed by atoms with van der Waals surface area (Å²) in [7, 11) is 0. The van der Waals surface area contributed by atoms with Crippen LogP contribution in [0.15, 0.2) is 47.6 Å². The maximum atomic E-state index is 11.8. The van der Waals surface area contributed by atoms with Crippen LogP contribution in [0.4, 0.5) is 5.69 Å². The van der Waals surface area contributed by atoms with E-state index >= 15 is 0 Å². The van der Waals surface area contributed by atoms with E-state index in [1.54, 1.807) is 18.2 Å². The van der Waals surface area contributed by atoms with E-state index < -0.39 is 16.6 Å². The van der Waals surface area contributed by atoms with E-state index in [0.717, 1.165) is 30.0 Å². The van der Waals surface area contributed by atoms with Crippen LogP contribution >= 0.6 is 0 Å². The Kier molecular flexibility index (Phi) is 4.47. The van der Waals surface area contributed by atoms with Gasteiger partial charge in [-0.25, -0.2) is 5.43 Å². The number of nitrogens with one attached hydrogen (secondary N) is 1. The van der Waals surface area contributed by atoms with Crippen LogP contribution in [0.5, 0.6) is 5.75 Å². The number of non-ortho nitro benzene ring substituents is 1. The van der Waals surface area contributed by atoms with Gasteiger partial charge in [-0.2, -0.15) is 5.10 Å². The van der Waals surface area contributed by atoms with Crippen molar-refractivity contribution >= 4 is 17.8 Å². The van der Waals surface area contributed by atoms with Crippen molar-refractivity contribution in [1.29, 1.82) is 0 Å². The van der Waals surface area contributed by atoms with Crippen molar-refractivity contribution in [2.24, 2.45) is 5.10 Å². The zero-order valence-electron chi connectivity index (χ0n) is 11.6. The third kappa shape index (κ3) is 3.66. The predicted molar refractivity (Wildman–Crippen MR) is 78.8 cm³/mol. The van der Waals surface area contributed by atoms with Crippen LogP contribution in [-0.2, 0) is 0 Å². The Morgan fingerprint density at radius 3 is 2.73 bits per heavy atom. The Morgan fingerprint density at radius 1 is 1.27 bits per heavy atom. The maximum Gasteiger partial charge on any atom is 0.271 e. The lowest BCUT2D eigenvalue weighted by Crippen LogP contribution is -2.17. The minimum Gasteiger partial charge on any atom is -0.872 e. The van der Waals surface area contributed by atoms with Gasteiger partial charge in [-0.3, -0.25) is 14.9 Å². The molecule has 0 spiro atoms. The molecule has 0 radical (unpaired) electrons. The van der Waals surface area contributed by atoms with Gasteiger partial charge in [0.25, 0.3) is 11.6 Å². The van der Waals surface area contributed by atoms with E-state index in [1.807, 2.05) is 13.0 Å². The highest BCUT2D eigenvalue weighted by atomic mass is 16.6. The Labute approximate surface area is 126 Å². The fourth-order valence-corrected chi connectivity index (χ4v) is 1.76. The van der Waals surface area contributed by atoms with Gasteiger partial charge < -0.3 is 5.11 Å². The zero-order chi connectivity index (χ0) is 16.1. The molecular formula is C15H12N3O4-. The van der Waals surface area contributed by atoms with Gasteiger partial charge in [0.05, 0.1) is 11.1 Å². The van der Waals surface area contributed by atoms with Gasteiger partial charge in [0.1, 0.15) is 0 Å². The first kappa shape index (κ1) is 15.2. The molecule has 0 heterocycles. The largest absolute Gasteiger partial charge is 0.872 e. The van der Waals surface area contributed by atoms with Gasteiger partial charge in [0.2, 0.25) is 0 Å². The molecule has 0 aliphatic heterocycles. The van der Waals surface area contributed by atoms with Gasteiger partial charge in [0, 0.05) is 17.7 Å². The molecule has 0 bridgehead atoms. The molecule has 1 N–H and O–H groups in total. The molecule has 22 heavy (non-hydrogen) atoms. The molecule has 2 aromatic rings. The first-order valence-electron chi connectivity index (χ1n) is 6.33. The molecule has 0 aliphatic carbocycles. The predicted octanol–water partition coefficient (Wildman–Crippen LogP) is 1.74. The van der Waals surface area contributed by atoms with Crippen molar-refractivity contribution in [3.63, 3.8) is 0 Å². The third-order valence-corrected chi connectivity index (χ3v) is 2.85. The van der Waals surface area contributed by atoms with E-state index in [0.29, 0.717) is 5.56 Å². The third-order valence-electron chi connectivity index (χ3n) is 2.85. The normalized spacial score (nSPS) is 10.6. The first-order valence-corrected chi connectivity index (χ1v) is 6.33. The lowest BCUT2D eigenvalue weighted by Gasteiger charge is -2.08. The molecule has 0 saturated carbocycles. The van der Waals surface area contributed by atoms with Crippen molar-refractivity contribution in [1.82, 2.24) is 5.43 Å². The van der Waals surface area contributed by atoms with Gasteiger partial charge in [-0.15, -0.1) is 0 Å². The minimum absolute atomic E-state index is 0.0266. The number of amides is 1. The second-order valence-corrected chi connectivity index (χ2v) is 4.55. The SMILES string of the molecule is Cc1cccc(C(=O)N/N=C\c2cc([N+](=O)[O-])ccc2[O-])c1. The summed E-state index contributed by atoms with van der Waals surface area (Å²) in [4.78, 5) is 21.9. The van der Waals surface area contributed by atoms with Crippen LogP contribution in [0.1, 0.15) is 21.5 Å². The Morgan fingerprint density at radius 2 is 2.05 bits per heavy atom. The lowest BCUT2D eigenvalue weighted by molar-refractivity contribution is -0.385. The molecular weight excluding hydrogens is 286 g/mol. The summed E-state index contributed by atoms with van der Waals surface area (Å²) in [5.41, 5.74) is 3.44. The summed E-state index contributed by atoms with van der Waals surface area (Å²) in [5, 5.41) is 25.9. The van der Waals surface area contributed by atoms with Gasteiger partial charge in [0.15, 0.2) is 0 Å². The number of aryl methyl sites for hydroxylation is 1. The van der Waals surface area contributed by atoms with Crippen molar-refractivity contribution in [2.45, 2.75) is 6.92 Å². The molecule has 2 rings (SSSR count). The summed E-state index contributed by atoms with van der Waals surface area (Å²) >= 11 is 0. The highest BCUT2D eigenvalue weighted by Gasteiger charge is 2.06. The molecule has 0 unspecified atom stereocenters. The minimum atomic E-state index is -0.609. The van der Waals surface area contributed by atoms with E-state index in [2.05, 4.69) is 10.5 Å². The average Bonchev–Trinajstić information content (AvgIpc) is 2.48. The number of carbonyl (C=O) groups excluding carboxylic acids is 1. The summed E-state index contributed by atoms with van der Waals surface area (Å²) in [6.07, 6.45) is 1.09. The molecule has 112 valence electrons. The maximum absolute atomic E-state index is 11.8. The van der Waals surface area contributed by atoms with Crippen LogP contribution in [-0.4, -0.2) is 17.0 Å². The number of nitrogens with zero attached hydrogens (tertiary/aromatic N) is 2. The van der Waals surface area contributed by atoms with Crippen LogP contribution in [0.2, 0.25) is 0 Å². The number of benzene rings is 2. The van der Waals surface area contributed by atoms with Crippen molar-refractivity contribution in [2.75, 3.05) is 0 Å². The van der Waals surface area contributed by atoms with Crippen molar-refractivity contribution in [3.05, 3.63) is 69.3 Å². The Hall–Kier alpha value is -3.22. The van der Waals surface area contributed by atoms with Crippen LogP contribution in [0.3, 0.4) is 0 Å². The van der Waals surface area contributed by atoms with Crippen LogP contribution < -0.4 is 10.5 Å². The van der Waals surface area contributed by atoms with Crippen LogP contribution in [0.25, 0.3) is 0 Å². The molecule has 0 atom stereocenters. The van der Waals surface area contributed by atoms with Gasteiger partial charge >= 0.3 is 0 Å². The van der Waals surface area contributed by atoms with Crippen LogP contribution in [0, 0.1) is 17.0 Å². The van der Waals surface area contributed by atoms with Gasteiger partial charge in [-0.1, -0.05) is 29.5 Å². The Bertz CT molecular complexity index is 756. The molecule has 0 aliphatic rings. The van der Waals surface area contributed by atoms with E-state index in [1.165, 1.54) is 0 Å². The fraction of sp³-hybridized carbons (Fsp3) is 0.0667. The summed E-state index contributed by atoms with van der Waals surface area (Å²) in [6.45, 7) is 1.85. The molecule has 7 nitrogen and oxygen atoms in total. The van der Waals surface area contributed by atoms with Gasteiger partial charge in [-0.05, 0) is 24.6 Å². The van der Waals surface area contributed by atoms with Crippen molar-refractivity contribution in [3.8, 4) is 5.75 Å². The number of hydrogen-bond donors (Lipinski definition) is 1. The standard InChI is InChI=1S/C15H13N3O4/c1-10-3-2-4-11(7-10)15(20)17-16-9-12-8-13(18(21)22)5-6-14(12)19/h2-9,19H,1H3,(H,17,20)/p-1/b16-9-. The second-order valence-electron chi connectivity index (χ2n) is 4.55. The molecule has 0 fully saturated rings. The monoisotopic (exact) mass is 298 g/mol. The Balaban J connectivity index is 2.11. The highest BCUT2D eigenvalue weighted by Crippen LogP contribution is 2.18. The second kappa shape index (κ2) is 6.49. The smallest absolute Gasteiger partial charge is 0.271 e. The molecule has 7 heteroatoms. The lowest BCUT2D eigenvalue weighted by atomic mass is 10.1. The highest BCUT2D eigenvalue weighted by molar-refractivity contribution is 5.95. The van der Waals surface area contributed by atoms with Crippen molar-refractivity contribution < 1.29 is 14.8 Å². The average molecular weight is 298 g/mol. The number of hydrazone groups is 1. The van der Waals surface area contributed by atoms with E-state index in [-0.39, 0.29) is 11.3 Å². The fourth-order valence-electron chi connectivity index (χ4n) is 1.76. The number of hydrogen-bond acceptors (Lipinski definition) is 5. The summed E-state index contributed by atoms with van der Waals surface area (Å²) < 4.78 is 0. The zero-order valence-corrected chi connectivity index (χ0v) is 11.6. The molecule has 2 aromatic carbocycles.